The lowest BCUT2D eigenvalue weighted by Gasteiger charge is -2.14. The van der Waals surface area contributed by atoms with Crippen LogP contribution >= 0.6 is 11.8 Å². The summed E-state index contributed by atoms with van der Waals surface area (Å²) in [4.78, 5) is 12.3. The summed E-state index contributed by atoms with van der Waals surface area (Å²) in [6.45, 7) is 4.02. The van der Waals surface area contributed by atoms with Crippen LogP contribution in [0, 0.1) is 18.8 Å². The van der Waals surface area contributed by atoms with E-state index in [0.717, 1.165) is 23.3 Å². The average Bonchev–Trinajstić information content (AvgIpc) is 2.45. The average molecular weight is 305 g/mol. The zero-order valence-electron chi connectivity index (χ0n) is 12.9. The lowest BCUT2D eigenvalue weighted by Crippen LogP contribution is -2.33. The molecule has 1 amide bonds. The van der Waals surface area contributed by atoms with Crippen molar-refractivity contribution in [3.05, 3.63) is 34.9 Å². The fraction of sp³-hybridized carbons (Fsp3) is 0.471. The van der Waals surface area contributed by atoms with Crippen molar-refractivity contribution in [1.29, 1.82) is 0 Å². The second-order valence-electron chi connectivity index (χ2n) is 4.98. The van der Waals surface area contributed by atoms with Crippen molar-refractivity contribution >= 4 is 17.7 Å². The summed E-state index contributed by atoms with van der Waals surface area (Å²) in [6.07, 6.45) is 3.42. The molecule has 0 saturated carbocycles. The normalized spacial score (nSPS) is 11.4. The van der Waals surface area contributed by atoms with Gasteiger partial charge in [-0.15, -0.1) is 0 Å². The summed E-state index contributed by atoms with van der Waals surface area (Å²) >= 11 is 1.77. The molecule has 1 atom stereocenters. The van der Waals surface area contributed by atoms with Gasteiger partial charge in [-0.2, -0.15) is 11.8 Å². The number of carbonyl (C=O) groups is 1. The van der Waals surface area contributed by atoms with E-state index < -0.39 is 0 Å². The number of amides is 1. The zero-order valence-corrected chi connectivity index (χ0v) is 13.7. The van der Waals surface area contributed by atoms with Crippen LogP contribution in [-0.2, 0) is 0 Å². The third kappa shape index (κ3) is 6.24. The van der Waals surface area contributed by atoms with Gasteiger partial charge in [-0.1, -0.05) is 17.9 Å². The fourth-order valence-electron chi connectivity index (χ4n) is 1.84. The summed E-state index contributed by atoms with van der Waals surface area (Å²) in [5.74, 6) is 6.80. The maximum Gasteiger partial charge on any atom is 0.252 e. The first-order valence-electron chi connectivity index (χ1n) is 7.08. The van der Waals surface area contributed by atoms with Gasteiger partial charge in [0.15, 0.2) is 0 Å². The molecule has 0 aliphatic heterocycles. The molecule has 0 bridgehead atoms. The van der Waals surface area contributed by atoms with Gasteiger partial charge in [0, 0.05) is 18.0 Å². The number of thioether (sulfide) groups is 1. The lowest BCUT2D eigenvalue weighted by molar-refractivity contribution is 0.0939. The molecule has 114 valence electrons. The minimum absolute atomic E-state index is 0.0338. The molecule has 0 aromatic heterocycles. The van der Waals surface area contributed by atoms with Gasteiger partial charge in [0.25, 0.3) is 5.91 Å². The van der Waals surface area contributed by atoms with Gasteiger partial charge in [0.05, 0.1) is 12.2 Å². The first-order chi connectivity index (χ1) is 10.1. The molecule has 0 aliphatic carbocycles. The number of aliphatic hydroxyl groups excluding tert-OH is 1. The Morgan fingerprint density at radius 3 is 2.90 bits per heavy atom. The van der Waals surface area contributed by atoms with Gasteiger partial charge in [-0.3, -0.25) is 4.79 Å². The summed E-state index contributed by atoms with van der Waals surface area (Å²) in [7, 11) is 0. The standard InChI is InChI=1S/C17H23NO2S/c1-13-7-8-16(15(12-13)6-4-5-10-19)17(20)18-14(2)9-11-21-3/h7-8,12,14,19H,5,9-11H2,1-3H3,(H,18,20). The van der Waals surface area contributed by atoms with Crippen LogP contribution in [0.3, 0.4) is 0 Å². The van der Waals surface area contributed by atoms with Crippen molar-refractivity contribution in [3.63, 3.8) is 0 Å². The van der Waals surface area contributed by atoms with E-state index in [1.165, 1.54) is 0 Å². The largest absolute Gasteiger partial charge is 0.395 e. The quantitative estimate of drug-likeness (QED) is 0.794. The second kappa shape index (κ2) is 9.49. The van der Waals surface area contributed by atoms with Gasteiger partial charge in [0.1, 0.15) is 0 Å². The van der Waals surface area contributed by atoms with Crippen LogP contribution in [0.15, 0.2) is 18.2 Å². The van der Waals surface area contributed by atoms with Gasteiger partial charge < -0.3 is 10.4 Å². The number of hydrogen-bond donors (Lipinski definition) is 2. The van der Waals surface area contributed by atoms with Crippen molar-refractivity contribution in [1.82, 2.24) is 5.32 Å². The molecule has 0 aliphatic rings. The summed E-state index contributed by atoms with van der Waals surface area (Å²) in [5, 5.41) is 11.8. The van der Waals surface area contributed by atoms with Crippen molar-refractivity contribution < 1.29 is 9.90 Å². The predicted octanol–water partition coefficient (Wildman–Crippen LogP) is 2.60. The van der Waals surface area contributed by atoms with E-state index in [1.807, 2.05) is 32.0 Å². The maximum absolute atomic E-state index is 12.3. The number of hydrogen-bond acceptors (Lipinski definition) is 3. The number of carbonyl (C=O) groups excluding carboxylic acids is 1. The minimum Gasteiger partial charge on any atom is -0.395 e. The van der Waals surface area contributed by atoms with E-state index in [2.05, 4.69) is 23.4 Å². The van der Waals surface area contributed by atoms with Crippen molar-refractivity contribution in [2.24, 2.45) is 0 Å². The van der Waals surface area contributed by atoms with Gasteiger partial charge >= 0.3 is 0 Å². The van der Waals surface area contributed by atoms with Gasteiger partial charge in [-0.25, -0.2) is 0 Å². The Morgan fingerprint density at radius 1 is 1.48 bits per heavy atom. The highest BCUT2D eigenvalue weighted by atomic mass is 32.2. The van der Waals surface area contributed by atoms with Crippen LogP contribution < -0.4 is 5.32 Å². The number of rotatable bonds is 6. The molecule has 2 N–H and O–H groups in total. The highest BCUT2D eigenvalue weighted by Crippen LogP contribution is 2.12. The van der Waals surface area contributed by atoms with Crippen LogP contribution in [0.25, 0.3) is 0 Å². The van der Waals surface area contributed by atoms with Crippen LogP contribution in [-0.4, -0.2) is 35.7 Å². The topological polar surface area (TPSA) is 49.3 Å². The summed E-state index contributed by atoms with van der Waals surface area (Å²) < 4.78 is 0. The Balaban J connectivity index is 2.86. The first-order valence-corrected chi connectivity index (χ1v) is 8.48. The van der Waals surface area contributed by atoms with Crippen LogP contribution in [0.2, 0.25) is 0 Å². The molecule has 21 heavy (non-hydrogen) atoms. The van der Waals surface area contributed by atoms with Crippen molar-refractivity contribution in [3.8, 4) is 11.8 Å². The highest BCUT2D eigenvalue weighted by molar-refractivity contribution is 7.98. The zero-order chi connectivity index (χ0) is 15.7. The molecule has 1 rings (SSSR count). The molecule has 1 aromatic carbocycles. The van der Waals surface area contributed by atoms with Gasteiger partial charge in [-0.05, 0) is 50.0 Å². The van der Waals surface area contributed by atoms with E-state index in [4.69, 9.17) is 5.11 Å². The number of aryl methyl sites for hydroxylation is 1. The van der Waals surface area contributed by atoms with E-state index >= 15 is 0 Å². The molecule has 0 radical (unpaired) electrons. The molecule has 1 aromatic rings. The molecular formula is C17H23NO2S. The van der Waals surface area contributed by atoms with Crippen molar-refractivity contribution in [2.45, 2.75) is 32.7 Å². The predicted molar refractivity (Wildman–Crippen MR) is 89.7 cm³/mol. The molecule has 0 spiro atoms. The third-order valence-electron chi connectivity index (χ3n) is 3.01. The number of nitrogens with one attached hydrogen (secondary N) is 1. The molecule has 1 unspecified atom stereocenters. The third-order valence-corrected chi connectivity index (χ3v) is 3.66. The summed E-state index contributed by atoms with van der Waals surface area (Å²) in [5.41, 5.74) is 2.38. The smallest absolute Gasteiger partial charge is 0.252 e. The molecule has 0 heterocycles. The van der Waals surface area contributed by atoms with Gasteiger partial charge in [0.2, 0.25) is 0 Å². The molecular weight excluding hydrogens is 282 g/mol. The highest BCUT2D eigenvalue weighted by Gasteiger charge is 2.13. The van der Waals surface area contributed by atoms with Crippen LogP contribution in [0.4, 0.5) is 0 Å². The number of benzene rings is 1. The minimum atomic E-state index is -0.0862. The Morgan fingerprint density at radius 2 is 2.24 bits per heavy atom. The maximum atomic E-state index is 12.3. The monoisotopic (exact) mass is 305 g/mol. The van der Waals surface area contributed by atoms with E-state index in [1.54, 1.807) is 11.8 Å². The Kier molecular flexibility index (Phi) is 7.96. The van der Waals surface area contributed by atoms with Crippen LogP contribution in [0.1, 0.15) is 41.3 Å². The molecule has 0 fully saturated rings. The molecule has 4 heteroatoms. The second-order valence-corrected chi connectivity index (χ2v) is 5.97. The van der Waals surface area contributed by atoms with E-state index in [0.29, 0.717) is 12.0 Å². The Hall–Kier alpha value is -1.44. The number of aliphatic hydroxyl groups is 1. The van der Waals surface area contributed by atoms with E-state index in [9.17, 15) is 4.79 Å². The lowest BCUT2D eigenvalue weighted by atomic mass is 10.0. The van der Waals surface area contributed by atoms with E-state index in [-0.39, 0.29) is 18.6 Å². The first kappa shape index (κ1) is 17.6. The van der Waals surface area contributed by atoms with Crippen LogP contribution in [0.5, 0.6) is 0 Å². The molecule has 0 saturated heterocycles. The summed E-state index contributed by atoms with van der Waals surface area (Å²) in [6, 6.07) is 5.78. The van der Waals surface area contributed by atoms with Crippen molar-refractivity contribution in [2.75, 3.05) is 18.6 Å². The fourth-order valence-corrected chi connectivity index (χ4v) is 2.43. The Bertz CT molecular complexity index is 531. The molecule has 3 nitrogen and oxygen atoms in total. The Labute approximate surface area is 131 Å². The SMILES string of the molecule is CSCCC(C)NC(=O)c1ccc(C)cc1C#CCCO.